The molecule has 1 aliphatic heterocycles. The first-order valence-electron chi connectivity index (χ1n) is 4.74. The third-order valence-corrected chi connectivity index (χ3v) is 2.82. The van der Waals surface area contributed by atoms with E-state index in [-0.39, 0.29) is 5.92 Å². The Labute approximate surface area is 78.7 Å². The summed E-state index contributed by atoms with van der Waals surface area (Å²) in [5.74, 6) is -0.627. The van der Waals surface area contributed by atoms with Crippen LogP contribution >= 0.6 is 0 Å². The van der Waals surface area contributed by atoms with Gasteiger partial charge in [0.05, 0.1) is 0 Å². The van der Waals surface area contributed by atoms with E-state index in [9.17, 15) is 9.82 Å². The Morgan fingerprint density at radius 2 is 2.31 bits per heavy atom. The number of hydrogen-bond donors (Lipinski definition) is 2. The third kappa shape index (κ3) is 2.03. The van der Waals surface area contributed by atoms with Gasteiger partial charge in [0.15, 0.2) is 0 Å². The molecule has 0 amide bonds. The molecule has 0 radical (unpaired) electrons. The number of rotatable bonds is 3. The number of carboxylic acids is 1. The average molecular weight is 185 g/mol. The normalized spacial score (nSPS) is 29.2. The van der Waals surface area contributed by atoms with E-state index < -0.39 is 19.1 Å². The molecule has 1 rings (SSSR count). The maximum atomic E-state index is 10.9. The number of aliphatic carboxylic acids is 1. The molecule has 0 saturated carbocycles. The molecule has 0 spiro atoms. The molecule has 0 aromatic rings. The van der Waals surface area contributed by atoms with Gasteiger partial charge in [0.2, 0.25) is 0 Å². The summed E-state index contributed by atoms with van der Waals surface area (Å²) in [4.78, 5) is 12.6. The largest absolute Gasteiger partial charge is 0.480 e. The summed E-state index contributed by atoms with van der Waals surface area (Å²) in [5.41, 5.74) is 0. The zero-order chi connectivity index (χ0) is 10.0. The molecule has 1 heterocycles. The Morgan fingerprint density at radius 3 is 2.69 bits per heavy atom. The summed E-state index contributed by atoms with van der Waals surface area (Å²) >= 11 is 0. The number of carbonyl (C=O) groups is 1. The Bertz CT molecular complexity index is 198. The SMILES string of the molecule is CCC1CCN(B(C)O)C1C(=O)O. The van der Waals surface area contributed by atoms with Crippen LogP contribution in [0.4, 0.5) is 0 Å². The highest BCUT2D eigenvalue weighted by molar-refractivity contribution is 6.45. The van der Waals surface area contributed by atoms with Crippen LogP contribution < -0.4 is 0 Å². The molecule has 0 aromatic heterocycles. The predicted octanol–water partition coefficient (Wildman–Crippen LogP) is 0.282. The van der Waals surface area contributed by atoms with Gasteiger partial charge in [0.1, 0.15) is 6.04 Å². The lowest BCUT2D eigenvalue weighted by Crippen LogP contribution is -2.46. The standard InChI is InChI=1S/C8H16BNO3/c1-3-6-4-5-10(9(2)13)7(6)8(11)12/h6-7,13H,3-5H2,1-2H3,(H,11,12). The summed E-state index contributed by atoms with van der Waals surface area (Å²) in [6.07, 6.45) is 1.73. The van der Waals surface area contributed by atoms with Crippen molar-refractivity contribution in [2.75, 3.05) is 6.54 Å². The van der Waals surface area contributed by atoms with Crippen molar-refractivity contribution in [3.8, 4) is 0 Å². The molecule has 2 atom stereocenters. The van der Waals surface area contributed by atoms with Crippen LogP contribution in [0.3, 0.4) is 0 Å². The summed E-state index contributed by atoms with van der Waals surface area (Å²) < 4.78 is 0. The van der Waals surface area contributed by atoms with Gasteiger partial charge in [-0.05, 0) is 25.7 Å². The van der Waals surface area contributed by atoms with E-state index in [1.165, 1.54) is 0 Å². The van der Waals surface area contributed by atoms with Crippen LogP contribution in [0, 0.1) is 5.92 Å². The number of hydrogen-bond acceptors (Lipinski definition) is 3. The second-order valence-electron chi connectivity index (χ2n) is 3.61. The molecule has 2 unspecified atom stereocenters. The topological polar surface area (TPSA) is 60.8 Å². The minimum absolute atomic E-state index is 0.187. The fourth-order valence-electron chi connectivity index (χ4n) is 2.07. The van der Waals surface area contributed by atoms with Crippen LogP contribution in [0.5, 0.6) is 0 Å². The zero-order valence-corrected chi connectivity index (χ0v) is 8.10. The zero-order valence-electron chi connectivity index (χ0n) is 8.10. The van der Waals surface area contributed by atoms with Gasteiger partial charge in [0, 0.05) is 0 Å². The summed E-state index contributed by atoms with van der Waals surface area (Å²) in [7, 11) is -0.655. The van der Waals surface area contributed by atoms with Gasteiger partial charge in [-0.15, -0.1) is 0 Å². The Kier molecular flexibility index (Phi) is 3.33. The molecule has 0 aromatic carbocycles. The van der Waals surface area contributed by atoms with Crippen LogP contribution in [0.25, 0.3) is 0 Å². The van der Waals surface area contributed by atoms with Crippen molar-refractivity contribution < 1.29 is 14.9 Å². The van der Waals surface area contributed by atoms with E-state index >= 15 is 0 Å². The van der Waals surface area contributed by atoms with Gasteiger partial charge in [-0.25, -0.2) is 0 Å². The molecule has 13 heavy (non-hydrogen) atoms. The van der Waals surface area contributed by atoms with Crippen molar-refractivity contribution >= 4 is 13.0 Å². The monoisotopic (exact) mass is 185 g/mol. The average Bonchev–Trinajstić information content (AvgIpc) is 2.46. The molecule has 1 fully saturated rings. The maximum Gasteiger partial charge on any atom is 0.377 e. The summed E-state index contributed by atoms with van der Waals surface area (Å²) in [6.45, 7) is 4.30. The van der Waals surface area contributed by atoms with Crippen molar-refractivity contribution in [1.29, 1.82) is 0 Å². The van der Waals surface area contributed by atoms with E-state index in [4.69, 9.17) is 5.11 Å². The minimum Gasteiger partial charge on any atom is -0.480 e. The lowest BCUT2D eigenvalue weighted by molar-refractivity contribution is -0.142. The molecule has 4 nitrogen and oxygen atoms in total. The van der Waals surface area contributed by atoms with Crippen LogP contribution in [-0.4, -0.2) is 40.5 Å². The van der Waals surface area contributed by atoms with Gasteiger partial charge in [-0.3, -0.25) is 4.79 Å². The first kappa shape index (κ1) is 10.5. The van der Waals surface area contributed by atoms with E-state index in [0.29, 0.717) is 6.54 Å². The van der Waals surface area contributed by atoms with E-state index in [0.717, 1.165) is 12.8 Å². The second-order valence-corrected chi connectivity index (χ2v) is 3.61. The molecule has 5 heteroatoms. The number of nitrogens with zero attached hydrogens (tertiary/aromatic N) is 1. The highest BCUT2D eigenvalue weighted by Gasteiger charge is 2.41. The highest BCUT2D eigenvalue weighted by atomic mass is 16.4. The van der Waals surface area contributed by atoms with E-state index in [1.54, 1.807) is 11.6 Å². The molecule has 1 saturated heterocycles. The second kappa shape index (κ2) is 4.11. The quantitative estimate of drug-likeness (QED) is 0.620. The first-order valence-corrected chi connectivity index (χ1v) is 4.74. The van der Waals surface area contributed by atoms with Crippen LogP contribution in [-0.2, 0) is 4.79 Å². The summed E-state index contributed by atoms with van der Waals surface area (Å²) in [6, 6.07) is -0.495. The molecular formula is C8H16BNO3. The van der Waals surface area contributed by atoms with Crippen molar-refractivity contribution in [3.05, 3.63) is 0 Å². The van der Waals surface area contributed by atoms with Crippen LogP contribution in [0.15, 0.2) is 0 Å². The fraction of sp³-hybridized carbons (Fsp3) is 0.875. The highest BCUT2D eigenvalue weighted by Crippen LogP contribution is 2.27. The van der Waals surface area contributed by atoms with Crippen molar-refractivity contribution in [2.24, 2.45) is 5.92 Å². The van der Waals surface area contributed by atoms with Gasteiger partial charge in [0.25, 0.3) is 0 Å². The number of carboxylic acid groups (broad SMARTS) is 1. The van der Waals surface area contributed by atoms with Gasteiger partial charge in [-0.1, -0.05) is 13.3 Å². The third-order valence-electron chi connectivity index (χ3n) is 2.82. The molecule has 1 aliphatic rings. The van der Waals surface area contributed by atoms with Gasteiger partial charge >= 0.3 is 13.0 Å². The molecule has 74 valence electrons. The molecule has 0 bridgehead atoms. The van der Waals surface area contributed by atoms with Crippen molar-refractivity contribution in [3.63, 3.8) is 0 Å². The fourth-order valence-corrected chi connectivity index (χ4v) is 2.07. The van der Waals surface area contributed by atoms with E-state index in [1.807, 2.05) is 6.92 Å². The maximum absolute atomic E-state index is 10.9. The molecule has 0 aliphatic carbocycles. The lowest BCUT2D eigenvalue weighted by Gasteiger charge is -2.24. The van der Waals surface area contributed by atoms with Gasteiger partial charge < -0.3 is 14.9 Å². The van der Waals surface area contributed by atoms with Crippen molar-refractivity contribution in [2.45, 2.75) is 32.6 Å². The minimum atomic E-state index is -0.815. The van der Waals surface area contributed by atoms with Crippen molar-refractivity contribution in [1.82, 2.24) is 4.81 Å². The Balaban J connectivity index is 2.73. The summed E-state index contributed by atoms with van der Waals surface area (Å²) in [5, 5.41) is 18.3. The lowest BCUT2D eigenvalue weighted by atomic mass is 9.83. The first-order chi connectivity index (χ1) is 6.07. The van der Waals surface area contributed by atoms with E-state index in [2.05, 4.69) is 0 Å². The van der Waals surface area contributed by atoms with Gasteiger partial charge in [-0.2, -0.15) is 0 Å². The Hall–Kier alpha value is -0.545. The van der Waals surface area contributed by atoms with Crippen LogP contribution in [0.1, 0.15) is 19.8 Å². The molecule has 2 N–H and O–H groups in total. The smallest absolute Gasteiger partial charge is 0.377 e. The Morgan fingerprint density at radius 1 is 1.69 bits per heavy atom. The molecular weight excluding hydrogens is 169 g/mol. The predicted molar refractivity (Wildman–Crippen MR) is 50.4 cm³/mol. The van der Waals surface area contributed by atoms with Crippen LogP contribution in [0.2, 0.25) is 6.82 Å².